The molecule has 2 saturated carbocycles. The van der Waals surface area contributed by atoms with Crippen LogP contribution >= 0.6 is 0 Å². The molecule has 3 aliphatic carbocycles. The molecule has 122 valence electrons. The van der Waals surface area contributed by atoms with Crippen molar-refractivity contribution in [1.29, 1.82) is 0 Å². The minimum atomic E-state index is -0.642. The lowest BCUT2D eigenvalue weighted by molar-refractivity contribution is -0.146. The van der Waals surface area contributed by atoms with Crippen molar-refractivity contribution in [3.63, 3.8) is 0 Å². The van der Waals surface area contributed by atoms with Crippen LogP contribution in [-0.2, 0) is 19.1 Å². The molecule has 0 unspecified atom stereocenters. The Morgan fingerprint density at radius 2 is 1.12 bits per heavy atom. The molecular weight excluding hydrogens is 304 g/mol. The number of hydrogen-bond donors (Lipinski definition) is 0. The zero-order valence-corrected chi connectivity index (χ0v) is 13.7. The quantitative estimate of drug-likeness (QED) is 0.326. The summed E-state index contributed by atoms with van der Waals surface area (Å²) in [6.07, 6.45) is 15.5. The Morgan fingerprint density at radius 1 is 0.750 bits per heavy atom. The monoisotopic (exact) mass is 322 g/mol. The third kappa shape index (κ3) is 3.28. The number of carbonyl (C=O) groups is 2. The molecule has 0 aliphatic heterocycles. The van der Waals surface area contributed by atoms with Crippen molar-refractivity contribution in [3.05, 3.63) is 85.5 Å². The normalized spacial score (nSPS) is 21.3. The van der Waals surface area contributed by atoms with Gasteiger partial charge in [0.25, 0.3) is 0 Å². The summed E-state index contributed by atoms with van der Waals surface area (Å²) in [4.78, 5) is 24.7. The summed E-state index contributed by atoms with van der Waals surface area (Å²) in [5, 5.41) is 0. The van der Waals surface area contributed by atoms with Gasteiger partial charge in [-0.1, -0.05) is 0 Å². The summed E-state index contributed by atoms with van der Waals surface area (Å²) in [7, 11) is 0. The Morgan fingerprint density at radius 3 is 1.46 bits per heavy atom. The zero-order valence-electron chi connectivity index (χ0n) is 13.7. The Hall–Kier alpha value is -1.58. The molecule has 24 heavy (non-hydrogen) atoms. The average molecular weight is 322 g/mol. The van der Waals surface area contributed by atoms with Crippen LogP contribution in [0, 0.1) is 63.2 Å². The molecule has 3 rings (SSSR count). The first-order valence-corrected chi connectivity index (χ1v) is 7.96. The van der Waals surface area contributed by atoms with Gasteiger partial charge in [0.1, 0.15) is 0 Å². The van der Waals surface area contributed by atoms with Gasteiger partial charge >= 0.3 is 11.9 Å². The molecular formula is C20H18O4. The van der Waals surface area contributed by atoms with Gasteiger partial charge in [0.15, 0.2) is 5.57 Å². The van der Waals surface area contributed by atoms with Gasteiger partial charge < -0.3 is 9.47 Å². The van der Waals surface area contributed by atoms with Crippen molar-refractivity contribution in [3.8, 4) is 0 Å². The Labute approximate surface area is 144 Å². The third-order valence-corrected chi connectivity index (χ3v) is 3.80. The van der Waals surface area contributed by atoms with E-state index in [4.69, 9.17) is 9.47 Å². The van der Waals surface area contributed by atoms with E-state index in [1.165, 1.54) is 0 Å². The van der Waals surface area contributed by atoms with E-state index in [9.17, 15) is 9.59 Å². The second-order valence-corrected chi connectivity index (χ2v) is 5.29. The molecule has 0 saturated heterocycles. The van der Waals surface area contributed by atoms with Gasteiger partial charge in [-0.05, 0) is 76.4 Å². The first-order chi connectivity index (χ1) is 11.7. The van der Waals surface area contributed by atoms with Crippen LogP contribution in [-0.4, -0.2) is 25.2 Å². The highest BCUT2D eigenvalue weighted by Gasteiger charge is 2.47. The van der Waals surface area contributed by atoms with Gasteiger partial charge in [0.2, 0.25) is 0 Å². The topological polar surface area (TPSA) is 52.6 Å². The molecule has 0 spiro atoms. The predicted molar refractivity (Wildman–Crippen MR) is 88.2 cm³/mol. The van der Waals surface area contributed by atoms with Crippen LogP contribution in [0.3, 0.4) is 0 Å². The van der Waals surface area contributed by atoms with E-state index in [1.54, 1.807) is 13.8 Å². The van der Waals surface area contributed by atoms with Crippen molar-refractivity contribution < 1.29 is 19.1 Å². The van der Waals surface area contributed by atoms with E-state index in [-0.39, 0.29) is 18.8 Å². The average Bonchev–Trinajstić information content (AvgIpc) is 3.01. The van der Waals surface area contributed by atoms with Crippen LogP contribution in [0.4, 0.5) is 0 Å². The molecule has 4 nitrogen and oxygen atoms in total. The van der Waals surface area contributed by atoms with Gasteiger partial charge in [0, 0.05) is 17.4 Å². The summed E-state index contributed by atoms with van der Waals surface area (Å²) < 4.78 is 10.2. The maximum Gasteiger partial charge on any atom is 0.346 e. The van der Waals surface area contributed by atoms with E-state index >= 15 is 0 Å². The molecule has 0 heterocycles. The van der Waals surface area contributed by atoms with E-state index in [2.05, 4.69) is 0 Å². The van der Waals surface area contributed by atoms with Crippen LogP contribution in [0.2, 0.25) is 0 Å². The number of ether oxygens (including phenoxy) is 2. The summed E-state index contributed by atoms with van der Waals surface area (Å²) in [6, 6.07) is 0. The fourth-order valence-electron chi connectivity index (χ4n) is 2.79. The number of allylic oxidation sites excluding steroid dienone is 3. The highest BCUT2D eigenvalue weighted by Crippen LogP contribution is 2.57. The Bertz CT molecular complexity index is 524. The minimum Gasteiger partial charge on any atom is -0.462 e. The lowest BCUT2D eigenvalue weighted by Gasteiger charge is -2.08. The second kappa shape index (κ2) is 7.54. The van der Waals surface area contributed by atoms with E-state index in [1.807, 2.05) is 51.4 Å². The molecule has 0 aromatic heterocycles. The zero-order chi connectivity index (χ0) is 17.1. The van der Waals surface area contributed by atoms with Crippen LogP contribution in [0.5, 0.6) is 0 Å². The SMILES string of the molecule is CCOC(=O)C(C(=O)OCC)=C1C([C]2[CH][CH][CH][CH]2)=C1[C]1[CH][CH][CH][CH]1. The Balaban J connectivity index is 1.95. The minimum absolute atomic E-state index is 0.0221. The number of hydrogen-bond acceptors (Lipinski definition) is 4. The van der Waals surface area contributed by atoms with Crippen LogP contribution in [0.1, 0.15) is 13.8 Å². The summed E-state index contributed by atoms with van der Waals surface area (Å²) >= 11 is 0. The molecule has 0 bridgehead atoms. The highest BCUT2D eigenvalue weighted by molar-refractivity contribution is 6.18. The fraction of sp³-hybridized carbons (Fsp3) is 0.200. The van der Waals surface area contributed by atoms with Gasteiger partial charge in [-0.3, -0.25) is 0 Å². The van der Waals surface area contributed by atoms with Crippen molar-refractivity contribution in [2.75, 3.05) is 13.2 Å². The molecule has 10 radical (unpaired) electrons. The molecule has 4 heteroatoms. The molecule has 0 aromatic carbocycles. The number of esters is 2. The van der Waals surface area contributed by atoms with E-state index in [0.717, 1.165) is 23.0 Å². The van der Waals surface area contributed by atoms with Gasteiger partial charge in [-0.15, -0.1) is 0 Å². The lowest BCUT2D eigenvalue weighted by Crippen LogP contribution is -2.19. The van der Waals surface area contributed by atoms with E-state index in [0.29, 0.717) is 5.57 Å². The number of carbonyl (C=O) groups excluding carboxylic acids is 2. The van der Waals surface area contributed by atoms with Crippen LogP contribution in [0.15, 0.2) is 22.3 Å². The molecule has 0 amide bonds. The van der Waals surface area contributed by atoms with E-state index < -0.39 is 11.9 Å². The van der Waals surface area contributed by atoms with Gasteiger partial charge in [0.05, 0.1) is 13.2 Å². The molecule has 0 atom stereocenters. The van der Waals surface area contributed by atoms with Crippen molar-refractivity contribution in [2.45, 2.75) is 13.8 Å². The van der Waals surface area contributed by atoms with Gasteiger partial charge in [-0.2, -0.15) is 0 Å². The smallest absolute Gasteiger partial charge is 0.346 e. The largest absolute Gasteiger partial charge is 0.462 e. The lowest BCUT2D eigenvalue weighted by atomic mass is 10.0. The molecule has 0 aromatic rings. The van der Waals surface area contributed by atoms with Crippen molar-refractivity contribution in [2.24, 2.45) is 0 Å². The van der Waals surface area contributed by atoms with Crippen molar-refractivity contribution >= 4 is 11.9 Å². The first-order valence-electron chi connectivity index (χ1n) is 7.96. The van der Waals surface area contributed by atoms with Gasteiger partial charge in [-0.25, -0.2) is 9.59 Å². The standard InChI is InChI=1S/C20H18O4/c1-3-23-19(21)18(20(22)24-4-2)17-15(13-9-5-6-10-13)16(17)14-11-7-8-12-14/h5-12H,3-4H2,1-2H3. The van der Waals surface area contributed by atoms with Crippen LogP contribution < -0.4 is 0 Å². The molecule has 3 aliphatic rings. The Kier molecular flexibility index (Phi) is 5.42. The maximum atomic E-state index is 12.4. The van der Waals surface area contributed by atoms with Crippen LogP contribution in [0.25, 0.3) is 0 Å². The molecule has 0 N–H and O–H groups in total. The predicted octanol–water partition coefficient (Wildman–Crippen LogP) is 2.53. The van der Waals surface area contributed by atoms with Crippen molar-refractivity contribution in [1.82, 2.24) is 0 Å². The second-order valence-electron chi connectivity index (χ2n) is 5.29. The first kappa shape index (κ1) is 17.2. The summed E-state index contributed by atoms with van der Waals surface area (Å²) in [5.74, 6) is 0.674. The summed E-state index contributed by atoms with van der Waals surface area (Å²) in [6.45, 7) is 3.82. The summed E-state index contributed by atoms with van der Waals surface area (Å²) in [5.41, 5.74) is 2.42. The highest BCUT2D eigenvalue weighted by atomic mass is 16.6. The number of rotatable bonds is 6. The maximum absolute atomic E-state index is 12.4. The molecule has 2 fully saturated rings. The fourth-order valence-corrected chi connectivity index (χ4v) is 2.79. The third-order valence-electron chi connectivity index (χ3n) is 3.80.